The highest BCUT2D eigenvalue weighted by molar-refractivity contribution is 8.03. The van der Waals surface area contributed by atoms with Crippen molar-refractivity contribution < 1.29 is 4.74 Å². The molecule has 0 spiro atoms. The molecule has 0 amide bonds. The van der Waals surface area contributed by atoms with Crippen LogP contribution in [0.4, 0.5) is 0 Å². The van der Waals surface area contributed by atoms with E-state index >= 15 is 0 Å². The molecule has 0 aromatic heterocycles. The predicted molar refractivity (Wildman–Crippen MR) is 67.0 cm³/mol. The van der Waals surface area contributed by atoms with Crippen LogP contribution in [0.15, 0.2) is 0 Å². The standard InChI is InChI=1S/C13H21NOS/c1-12(2)10-4-5-13(12,3)11(8-10)15-6-7-16-9-14/h10-11H,4-8H2,1-3H3/t10-,11-,13+/m0/s1. The Morgan fingerprint density at radius 2 is 2.19 bits per heavy atom. The third-order valence-corrected chi connectivity index (χ3v) is 5.78. The highest BCUT2D eigenvalue weighted by Gasteiger charge is 2.61. The molecule has 2 rings (SSSR count). The third kappa shape index (κ3) is 1.67. The van der Waals surface area contributed by atoms with Crippen LogP contribution in [0.3, 0.4) is 0 Å². The van der Waals surface area contributed by atoms with Gasteiger partial charge in [-0.15, -0.1) is 0 Å². The van der Waals surface area contributed by atoms with Crippen LogP contribution in [0.25, 0.3) is 0 Å². The van der Waals surface area contributed by atoms with Crippen molar-refractivity contribution in [3.63, 3.8) is 0 Å². The molecule has 0 aromatic carbocycles. The number of thiocyanates is 1. The normalized spacial score (nSPS) is 39.9. The van der Waals surface area contributed by atoms with Crippen molar-refractivity contribution >= 4 is 11.8 Å². The molecule has 2 bridgehead atoms. The molecule has 90 valence electrons. The Kier molecular flexibility index (Phi) is 3.25. The summed E-state index contributed by atoms with van der Waals surface area (Å²) in [7, 11) is 0. The fourth-order valence-corrected chi connectivity index (χ4v) is 3.93. The van der Waals surface area contributed by atoms with Gasteiger partial charge in [0.2, 0.25) is 0 Å². The van der Waals surface area contributed by atoms with Gasteiger partial charge < -0.3 is 4.74 Å². The molecular formula is C13H21NOS. The highest BCUT2D eigenvalue weighted by atomic mass is 32.2. The van der Waals surface area contributed by atoms with E-state index in [9.17, 15) is 0 Å². The SMILES string of the molecule is CC1(C)[C@H]2CC[C@]1(C)[C@@H](OCCSC#N)C2. The Balaban J connectivity index is 1.92. The zero-order chi connectivity index (χ0) is 11.8. The van der Waals surface area contributed by atoms with Crippen molar-refractivity contribution in [2.24, 2.45) is 16.7 Å². The second-order valence-corrected chi connectivity index (χ2v) is 6.79. The Hall–Kier alpha value is -0.200. The van der Waals surface area contributed by atoms with Crippen molar-refractivity contribution in [1.82, 2.24) is 0 Å². The average molecular weight is 239 g/mol. The zero-order valence-corrected chi connectivity index (χ0v) is 11.3. The maximum absolute atomic E-state index is 8.45. The van der Waals surface area contributed by atoms with Crippen LogP contribution >= 0.6 is 11.8 Å². The van der Waals surface area contributed by atoms with Gasteiger partial charge >= 0.3 is 0 Å². The van der Waals surface area contributed by atoms with E-state index in [1.54, 1.807) is 0 Å². The zero-order valence-electron chi connectivity index (χ0n) is 10.5. The van der Waals surface area contributed by atoms with Gasteiger partial charge in [-0.05, 0) is 47.8 Å². The molecule has 0 unspecified atom stereocenters. The van der Waals surface area contributed by atoms with E-state index in [2.05, 4.69) is 26.2 Å². The number of ether oxygens (including phenoxy) is 1. The van der Waals surface area contributed by atoms with E-state index in [1.165, 1.54) is 31.0 Å². The van der Waals surface area contributed by atoms with Crippen molar-refractivity contribution in [3.8, 4) is 5.40 Å². The quantitative estimate of drug-likeness (QED) is 0.556. The van der Waals surface area contributed by atoms with Gasteiger partial charge in [-0.2, -0.15) is 5.26 Å². The molecule has 2 fully saturated rings. The van der Waals surface area contributed by atoms with Gasteiger partial charge in [0.25, 0.3) is 0 Å². The highest BCUT2D eigenvalue weighted by Crippen LogP contribution is 2.66. The van der Waals surface area contributed by atoms with Gasteiger partial charge in [-0.1, -0.05) is 20.8 Å². The van der Waals surface area contributed by atoms with Crippen LogP contribution < -0.4 is 0 Å². The molecule has 2 aliphatic carbocycles. The van der Waals surface area contributed by atoms with Gasteiger partial charge in [-0.3, -0.25) is 0 Å². The Morgan fingerprint density at radius 1 is 1.44 bits per heavy atom. The summed E-state index contributed by atoms with van der Waals surface area (Å²) < 4.78 is 6.01. The fourth-order valence-electron chi connectivity index (χ4n) is 3.66. The number of hydrogen-bond donors (Lipinski definition) is 0. The molecule has 2 aliphatic rings. The van der Waals surface area contributed by atoms with Gasteiger partial charge in [-0.25, -0.2) is 0 Å². The van der Waals surface area contributed by atoms with Crippen LogP contribution in [0.2, 0.25) is 0 Å². The molecule has 0 N–H and O–H groups in total. The lowest BCUT2D eigenvalue weighted by molar-refractivity contribution is -0.0402. The minimum absolute atomic E-state index is 0.356. The average Bonchev–Trinajstić information content (AvgIpc) is 2.57. The number of thioether (sulfide) groups is 1. The Morgan fingerprint density at radius 3 is 2.69 bits per heavy atom. The Labute approximate surface area is 103 Å². The molecule has 3 heteroatoms. The lowest BCUT2D eigenvalue weighted by atomic mass is 9.70. The summed E-state index contributed by atoms with van der Waals surface area (Å²) in [5.74, 6) is 1.64. The minimum Gasteiger partial charge on any atom is -0.377 e. The van der Waals surface area contributed by atoms with Gasteiger partial charge in [0.15, 0.2) is 0 Å². The summed E-state index contributed by atoms with van der Waals surface area (Å²) in [6.45, 7) is 7.92. The molecule has 2 nitrogen and oxygen atoms in total. The number of nitrogens with zero attached hydrogens (tertiary/aromatic N) is 1. The summed E-state index contributed by atoms with van der Waals surface area (Å²) in [6, 6.07) is 0. The van der Waals surface area contributed by atoms with E-state index in [1.807, 2.05) is 0 Å². The first-order valence-electron chi connectivity index (χ1n) is 6.15. The Bertz CT molecular complexity index is 310. The molecule has 0 radical (unpaired) electrons. The lowest BCUT2D eigenvalue weighted by Gasteiger charge is -2.38. The molecule has 2 saturated carbocycles. The molecular weight excluding hydrogens is 218 g/mol. The van der Waals surface area contributed by atoms with E-state index in [0.29, 0.717) is 16.9 Å². The van der Waals surface area contributed by atoms with Crippen molar-refractivity contribution in [2.45, 2.75) is 46.1 Å². The molecule has 0 aromatic rings. The topological polar surface area (TPSA) is 33.0 Å². The summed E-state index contributed by atoms with van der Waals surface area (Å²) in [5, 5.41) is 10.5. The first-order valence-corrected chi connectivity index (χ1v) is 7.13. The van der Waals surface area contributed by atoms with Crippen molar-refractivity contribution in [1.29, 1.82) is 5.26 Å². The van der Waals surface area contributed by atoms with Crippen LogP contribution in [0.1, 0.15) is 40.0 Å². The van der Waals surface area contributed by atoms with Gasteiger partial charge in [0.05, 0.1) is 12.7 Å². The summed E-state index contributed by atoms with van der Waals surface area (Å²) in [5.41, 5.74) is 0.787. The third-order valence-electron chi connectivity index (χ3n) is 5.28. The second kappa shape index (κ2) is 4.23. The second-order valence-electron chi connectivity index (χ2n) is 5.91. The molecule has 16 heavy (non-hydrogen) atoms. The number of nitriles is 1. The van der Waals surface area contributed by atoms with Crippen LogP contribution in [0, 0.1) is 27.4 Å². The number of fused-ring (bicyclic) bond motifs is 2. The van der Waals surface area contributed by atoms with Crippen molar-refractivity contribution in [2.75, 3.05) is 12.4 Å². The van der Waals surface area contributed by atoms with Gasteiger partial charge in [0.1, 0.15) is 5.40 Å². The lowest BCUT2D eigenvalue weighted by Crippen LogP contribution is -2.37. The molecule has 0 aliphatic heterocycles. The maximum Gasteiger partial charge on any atom is 0.133 e. The smallest absolute Gasteiger partial charge is 0.133 e. The van der Waals surface area contributed by atoms with E-state index in [0.717, 1.165) is 18.3 Å². The largest absolute Gasteiger partial charge is 0.377 e. The van der Waals surface area contributed by atoms with Crippen LogP contribution in [0.5, 0.6) is 0 Å². The first kappa shape index (κ1) is 12.3. The first-order chi connectivity index (χ1) is 7.52. The van der Waals surface area contributed by atoms with E-state index in [4.69, 9.17) is 10.00 Å². The monoisotopic (exact) mass is 239 g/mol. The summed E-state index contributed by atoms with van der Waals surface area (Å²) in [6.07, 6.45) is 4.32. The summed E-state index contributed by atoms with van der Waals surface area (Å²) >= 11 is 1.29. The fraction of sp³-hybridized carbons (Fsp3) is 0.923. The van der Waals surface area contributed by atoms with Gasteiger partial charge in [0, 0.05) is 5.75 Å². The van der Waals surface area contributed by atoms with Crippen LogP contribution in [-0.4, -0.2) is 18.5 Å². The minimum atomic E-state index is 0.356. The van der Waals surface area contributed by atoms with E-state index < -0.39 is 0 Å². The number of rotatable bonds is 4. The van der Waals surface area contributed by atoms with E-state index in [-0.39, 0.29) is 0 Å². The predicted octanol–water partition coefficient (Wildman–Crippen LogP) is 3.43. The molecule has 0 heterocycles. The summed E-state index contributed by atoms with van der Waals surface area (Å²) in [4.78, 5) is 0. The molecule has 3 atom stereocenters. The van der Waals surface area contributed by atoms with Crippen molar-refractivity contribution in [3.05, 3.63) is 0 Å². The maximum atomic E-state index is 8.45. The van der Waals surface area contributed by atoms with Crippen LogP contribution in [-0.2, 0) is 4.74 Å². The molecule has 0 saturated heterocycles. The number of hydrogen-bond acceptors (Lipinski definition) is 3.